The Balaban J connectivity index is 2.00. The molecule has 0 aliphatic heterocycles. The van der Waals surface area contributed by atoms with Crippen LogP contribution in [0.5, 0.6) is 0 Å². The van der Waals surface area contributed by atoms with E-state index in [0.717, 1.165) is 63.1 Å². The van der Waals surface area contributed by atoms with Crippen LogP contribution in [-0.2, 0) is 32.4 Å². The van der Waals surface area contributed by atoms with Crippen molar-refractivity contribution in [2.75, 3.05) is 0 Å². The van der Waals surface area contributed by atoms with E-state index in [1.54, 1.807) is 0 Å². The lowest BCUT2D eigenvalue weighted by atomic mass is 9.66. The molecule has 0 N–H and O–H groups in total. The van der Waals surface area contributed by atoms with Gasteiger partial charge in [-0.25, -0.2) is 9.97 Å². The number of benzene rings is 1. The summed E-state index contributed by atoms with van der Waals surface area (Å²) in [6.45, 7) is 20.1. The summed E-state index contributed by atoms with van der Waals surface area (Å²) < 4.78 is 4.34. The van der Waals surface area contributed by atoms with E-state index in [4.69, 9.17) is 16.6 Å². The Kier molecular flexibility index (Phi) is 6.86. The molecule has 5 nitrogen and oxygen atoms in total. The molecule has 4 rings (SSSR count). The molecule has 198 valence electrons. The van der Waals surface area contributed by atoms with Crippen molar-refractivity contribution in [3.63, 3.8) is 0 Å². The molecular formula is C31H42ClN5. The standard InChI is InChI=1S/C31H42ClN5/c1-12-24-23(16-30(7,8)29(4,5)6)28(32)22-15-21(13-14-25(22)35-24)31(9,26-17-33-19(2)36(26)10)27-18-34-20(3)37(27)11/h13-15,17-18H,12,16H2,1-11H3. The van der Waals surface area contributed by atoms with Gasteiger partial charge in [0.15, 0.2) is 0 Å². The van der Waals surface area contributed by atoms with Gasteiger partial charge in [-0.05, 0) is 67.7 Å². The number of halogens is 1. The van der Waals surface area contributed by atoms with Crippen LogP contribution in [-0.4, -0.2) is 24.1 Å². The molecule has 3 aromatic heterocycles. The van der Waals surface area contributed by atoms with Gasteiger partial charge in [-0.3, -0.25) is 4.98 Å². The molecule has 0 radical (unpaired) electrons. The molecule has 0 spiro atoms. The van der Waals surface area contributed by atoms with E-state index in [-0.39, 0.29) is 10.8 Å². The molecule has 3 heterocycles. The predicted octanol–water partition coefficient (Wildman–Crippen LogP) is 7.50. The number of aryl methyl sites for hydroxylation is 3. The molecule has 6 heteroatoms. The van der Waals surface area contributed by atoms with Crippen molar-refractivity contribution >= 4 is 22.5 Å². The molecule has 0 fully saturated rings. The fourth-order valence-corrected chi connectivity index (χ4v) is 5.49. The highest BCUT2D eigenvalue weighted by Crippen LogP contribution is 2.45. The first kappa shape index (κ1) is 27.4. The average molecular weight is 520 g/mol. The summed E-state index contributed by atoms with van der Waals surface area (Å²) >= 11 is 7.29. The number of pyridine rings is 1. The zero-order valence-electron chi connectivity index (χ0n) is 24.4. The van der Waals surface area contributed by atoms with Crippen LogP contribution in [0.1, 0.15) is 88.3 Å². The minimum absolute atomic E-state index is 0.0561. The minimum Gasteiger partial charge on any atom is -0.334 e. The molecule has 0 aliphatic rings. The molecule has 0 unspecified atom stereocenters. The number of rotatable bonds is 6. The molecule has 0 bridgehead atoms. The van der Waals surface area contributed by atoms with Gasteiger partial charge >= 0.3 is 0 Å². The van der Waals surface area contributed by atoms with Crippen molar-refractivity contribution < 1.29 is 0 Å². The first-order valence-corrected chi connectivity index (χ1v) is 13.6. The van der Waals surface area contributed by atoms with Crippen LogP contribution in [0, 0.1) is 24.7 Å². The highest BCUT2D eigenvalue weighted by atomic mass is 35.5. The molecule has 37 heavy (non-hydrogen) atoms. The van der Waals surface area contributed by atoms with Crippen molar-refractivity contribution in [3.8, 4) is 0 Å². The van der Waals surface area contributed by atoms with E-state index in [2.05, 4.69) is 99.9 Å². The van der Waals surface area contributed by atoms with Crippen LogP contribution < -0.4 is 0 Å². The number of fused-ring (bicyclic) bond motifs is 1. The Labute approximate surface area is 227 Å². The topological polar surface area (TPSA) is 48.5 Å². The largest absolute Gasteiger partial charge is 0.334 e. The number of hydrogen-bond donors (Lipinski definition) is 0. The molecule has 0 saturated carbocycles. The van der Waals surface area contributed by atoms with Gasteiger partial charge in [-0.1, -0.05) is 59.2 Å². The third kappa shape index (κ3) is 4.39. The number of nitrogens with zero attached hydrogens (tertiary/aromatic N) is 5. The summed E-state index contributed by atoms with van der Waals surface area (Å²) in [7, 11) is 4.16. The zero-order chi connectivity index (χ0) is 27.5. The second-order valence-corrected chi connectivity index (χ2v) is 12.7. The average Bonchev–Trinajstić information content (AvgIpc) is 3.35. The van der Waals surface area contributed by atoms with Gasteiger partial charge in [0.05, 0.1) is 27.3 Å². The van der Waals surface area contributed by atoms with Gasteiger partial charge in [0.1, 0.15) is 11.6 Å². The summed E-state index contributed by atoms with van der Waals surface area (Å²) in [5.41, 5.74) is 6.25. The van der Waals surface area contributed by atoms with Gasteiger partial charge in [-0.15, -0.1) is 0 Å². The lowest BCUT2D eigenvalue weighted by molar-refractivity contribution is 0.132. The molecule has 0 aliphatic carbocycles. The van der Waals surface area contributed by atoms with Crippen molar-refractivity contribution in [2.24, 2.45) is 24.9 Å². The van der Waals surface area contributed by atoms with Crippen molar-refractivity contribution in [1.82, 2.24) is 24.1 Å². The number of imidazole rings is 2. The van der Waals surface area contributed by atoms with Crippen LogP contribution in [0.2, 0.25) is 5.02 Å². The fourth-order valence-electron chi connectivity index (χ4n) is 5.16. The first-order chi connectivity index (χ1) is 17.1. The predicted molar refractivity (Wildman–Crippen MR) is 155 cm³/mol. The number of hydrogen-bond acceptors (Lipinski definition) is 3. The van der Waals surface area contributed by atoms with Gasteiger partial charge < -0.3 is 9.13 Å². The normalized spacial score (nSPS) is 13.1. The molecule has 4 aromatic rings. The lowest BCUT2D eigenvalue weighted by Gasteiger charge is -2.39. The molecule has 0 saturated heterocycles. The van der Waals surface area contributed by atoms with E-state index < -0.39 is 5.41 Å². The Morgan fingerprint density at radius 3 is 1.84 bits per heavy atom. The molecule has 1 aromatic carbocycles. The Morgan fingerprint density at radius 1 is 0.865 bits per heavy atom. The second-order valence-electron chi connectivity index (χ2n) is 12.4. The van der Waals surface area contributed by atoms with E-state index in [1.165, 1.54) is 5.56 Å². The highest BCUT2D eigenvalue weighted by molar-refractivity contribution is 6.36. The van der Waals surface area contributed by atoms with Gasteiger partial charge in [0, 0.05) is 37.6 Å². The summed E-state index contributed by atoms with van der Waals surface area (Å²) in [6.07, 6.45) is 5.70. The van der Waals surface area contributed by atoms with Crippen LogP contribution in [0.3, 0.4) is 0 Å². The van der Waals surface area contributed by atoms with Crippen LogP contribution in [0.4, 0.5) is 0 Å². The first-order valence-electron chi connectivity index (χ1n) is 13.2. The van der Waals surface area contributed by atoms with Crippen molar-refractivity contribution in [2.45, 2.75) is 80.6 Å². The number of aromatic nitrogens is 5. The zero-order valence-corrected chi connectivity index (χ0v) is 25.2. The maximum atomic E-state index is 7.29. The molecular weight excluding hydrogens is 478 g/mol. The maximum Gasteiger partial charge on any atom is 0.105 e. The molecule has 0 amide bonds. The quantitative estimate of drug-likeness (QED) is 0.265. The van der Waals surface area contributed by atoms with E-state index in [9.17, 15) is 0 Å². The van der Waals surface area contributed by atoms with Crippen LogP contribution >= 0.6 is 11.6 Å². The van der Waals surface area contributed by atoms with Crippen molar-refractivity contribution in [1.29, 1.82) is 0 Å². The maximum absolute atomic E-state index is 7.29. The smallest absolute Gasteiger partial charge is 0.105 e. The van der Waals surface area contributed by atoms with E-state index in [1.807, 2.05) is 26.2 Å². The van der Waals surface area contributed by atoms with Crippen molar-refractivity contribution in [3.05, 3.63) is 75.5 Å². The van der Waals surface area contributed by atoms with Gasteiger partial charge in [-0.2, -0.15) is 0 Å². The molecule has 0 atom stereocenters. The third-order valence-corrected chi connectivity index (χ3v) is 9.56. The van der Waals surface area contributed by atoms with Crippen LogP contribution in [0.15, 0.2) is 30.6 Å². The van der Waals surface area contributed by atoms with Gasteiger partial charge in [0.25, 0.3) is 0 Å². The fraction of sp³-hybridized carbons (Fsp3) is 0.516. The second kappa shape index (κ2) is 9.27. The van der Waals surface area contributed by atoms with Gasteiger partial charge in [0.2, 0.25) is 0 Å². The minimum atomic E-state index is -0.488. The summed E-state index contributed by atoms with van der Waals surface area (Å²) in [5.74, 6) is 1.94. The summed E-state index contributed by atoms with van der Waals surface area (Å²) in [4.78, 5) is 14.4. The lowest BCUT2D eigenvalue weighted by Crippen LogP contribution is -2.32. The van der Waals surface area contributed by atoms with E-state index in [0.29, 0.717) is 0 Å². The Bertz CT molecular complexity index is 1420. The highest BCUT2D eigenvalue weighted by Gasteiger charge is 2.38. The van der Waals surface area contributed by atoms with Crippen LogP contribution in [0.25, 0.3) is 10.9 Å². The SMILES string of the molecule is CCc1nc2ccc(C(C)(c3cnc(C)n3C)c3cnc(C)n3C)cc2c(Cl)c1CC(C)(C)C(C)(C)C. The summed E-state index contributed by atoms with van der Waals surface area (Å²) in [5, 5.41) is 1.82. The van der Waals surface area contributed by atoms with E-state index >= 15 is 0 Å². The Morgan fingerprint density at radius 2 is 1.41 bits per heavy atom. The Hall–Kier alpha value is -2.66. The summed E-state index contributed by atoms with van der Waals surface area (Å²) in [6, 6.07) is 6.55. The monoisotopic (exact) mass is 519 g/mol. The third-order valence-electron chi connectivity index (χ3n) is 9.13.